The Hall–Kier alpha value is -1.92. The molecule has 0 bridgehead atoms. The monoisotopic (exact) mass is 280 g/mol. The van der Waals surface area contributed by atoms with Gasteiger partial charge in [-0.1, -0.05) is 18.2 Å². The normalized spacial score (nSPS) is 11.8. The number of nitrogens with two attached hydrogens (primary N) is 2. The van der Waals surface area contributed by atoms with Crippen LogP contribution in [0, 0.1) is 13.8 Å². The molecule has 0 saturated heterocycles. The van der Waals surface area contributed by atoms with Crippen molar-refractivity contribution in [2.24, 2.45) is 11.8 Å². The van der Waals surface area contributed by atoms with Gasteiger partial charge in [-0.05, 0) is 43.4 Å². The van der Waals surface area contributed by atoms with Gasteiger partial charge < -0.3 is 9.68 Å². The van der Waals surface area contributed by atoms with Gasteiger partial charge in [0.1, 0.15) is 0 Å². The average Bonchev–Trinajstić information content (AvgIpc) is 2.44. The lowest BCUT2D eigenvalue weighted by Gasteiger charge is -2.18. The molecule has 4 N–H and O–H groups in total. The molecule has 0 radical (unpaired) electrons. The Morgan fingerprint density at radius 2 is 1.75 bits per heavy atom. The predicted octanol–water partition coefficient (Wildman–Crippen LogP) is 1.39. The summed E-state index contributed by atoms with van der Waals surface area (Å²) >= 11 is 0. The third kappa shape index (κ3) is 4.04. The molecule has 20 heavy (non-hydrogen) atoms. The Morgan fingerprint density at radius 3 is 2.25 bits per heavy atom. The van der Waals surface area contributed by atoms with Gasteiger partial charge in [0.2, 0.25) is 0 Å². The first-order valence-electron chi connectivity index (χ1n) is 6.37. The lowest BCUT2D eigenvalue weighted by Crippen LogP contribution is -2.21. The van der Waals surface area contributed by atoms with Crippen LogP contribution in [0.25, 0.3) is 0 Å². The van der Waals surface area contributed by atoms with Crippen molar-refractivity contribution in [2.75, 3.05) is 0 Å². The maximum atomic E-state index is 11.9. The molecular weight excluding hydrogens is 260 g/mol. The molecule has 110 valence electrons. The molecule has 1 atom stereocenters. The lowest BCUT2D eigenvalue weighted by molar-refractivity contribution is -0.147. The summed E-state index contributed by atoms with van der Waals surface area (Å²) in [6.07, 6.45) is 1.05. The van der Waals surface area contributed by atoms with Crippen molar-refractivity contribution in [2.45, 2.75) is 39.0 Å². The second-order valence-corrected chi connectivity index (χ2v) is 4.68. The number of rotatable bonds is 6. The predicted molar refractivity (Wildman–Crippen MR) is 73.1 cm³/mol. The Labute approximate surface area is 117 Å². The molecule has 0 aliphatic heterocycles. The van der Waals surface area contributed by atoms with E-state index < -0.39 is 17.9 Å². The first-order chi connectivity index (χ1) is 9.51. The van der Waals surface area contributed by atoms with Crippen molar-refractivity contribution in [3.05, 3.63) is 34.9 Å². The van der Waals surface area contributed by atoms with Crippen molar-refractivity contribution in [1.29, 1.82) is 0 Å². The molecular formula is C14H20N2O4. The van der Waals surface area contributed by atoms with E-state index in [1.54, 1.807) is 0 Å². The van der Waals surface area contributed by atoms with Crippen LogP contribution in [0.15, 0.2) is 18.2 Å². The van der Waals surface area contributed by atoms with Gasteiger partial charge in [-0.15, -0.1) is 0 Å². The highest BCUT2D eigenvalue weighted by Crippen LogP contribution is 2.29. The van der Waals surface area contributed by atoms with Gasteiger partial charge in [0, 0.05) is 6.42 Å². The fraction of sp³-hybridized carbons (Fsp3) is 0.429. The number of aryl methyl sites for hydroxylation is 2. The zero-order valence-corrected chi connectivity index (χ0v) is 11.7. The Kier molecular flexibility index (Phi) is 6.14. The van der Waals surface area contributed by atoms with Gasteiger partial charge >= 0.3 is 11.9 Å². The summed E-state index contributed by atoms with van der Waals surface area (Å²) in [5.41, 5.74) is 2.87. The van der Waals surface area contributed by atoms with Gasteiger partial charge in [0.15, 0.2) is 0 Å². The molecule has 0 saturated carbocycles. The number of benzene rings is 1. The van der Waals surface area contributed by atoms with Crippen LogP contribution >= 0.6 is 0 Å². The quantitative estimate of drug-likeness (QED) is 0.763. The molecule has 0 aliphatic carbocycles. The summed E-state index contributed by atoms with van der Waals surface area (Å²) in [5, 5.41) is 0. The van der Waals surface area contributed by atoms with Gasteiger partial charge in [-0.3, -0.25) is 4.79 Å². The second-order valence-electron chi connectivity index (χ2n) is 4.68. The van der Waals surface area contributed by atoms with Crippen molar-refractivity contribution in [3.63, 3.8) is 0 Å². The minimum atomic E-state index is -0.511. The zero-order valence-electron chi connectivity index (χ0n) is 11.7. The maximum Gasteiger partial charge on any atom is 0.331 e. The number of hydrogen-bond donors (Lipinski definition) is 2. The van der Waals surface area contributed by atoms with Crippen LogP contribution in [0.3, 0.4) is 0 Å². The molecule has 6 nitrogen and oxygen atoms in total. The van der Waals surface area contributed by atoms with E-state index in [4.69, 9.17) is 11.8 Å². The number of carbonyl (C=O) groups is 2. The highest BCUT2D eigenvalue weighted by atomic mass is 16.7. The van der Waals surface area contributed by atoms with Crippen molar-refractivity contribution >= 4 is 11.9 Å². The van der Waals surface area contributed by atoms with Crippen LogP contribution in [0.5, 0.6) is 0 Å². The Bertz CT molecular complexity index is 468. The minimum absolute atomic E-state index is 0.149. The van der Waals surface area contributed by atoms with E-state index in [1.807, 2.05) is 32.0 Å². The van der Waals surface area contributed by atoms with E-state index in [9.17, 15) is 9.59 Å². The molecule has 1 unspecified atom stereocenters. The largest absolute Gasteiger partial charge is 0.373 e. The number of hydrogen-bond acceptors (Lipinski definition) is 6. The summed E-state index contributed by atoms with van der Waals surface area (Å²) in [7, 11) is 0. The fourth-order valence-electron chi connectivity index (χ4n) is 2.35. The maximum absolute atomic E-state index is 11.9. The van der Waals surface area contributed by atoms with Crippen molar-refractivity contribution < 1.29 is 19.3 Å². The second kappa shape index (κ2) is 7.62. The first kappa shape index (κ1) is 16.1. The van der Waals surface area contributed by atoms with Crippen molar-refractivity contribution in [3.8, 4) is 0 Å². The molecule has 0 spiro atoms. The average molecular weight is 280 g/mol. The van der Waals surface area contributed by atoms with Crippen molar-refractivity contribution in [1.82, 2.24) is 0 Å². The molecule has 1 aromatic carbocycles. The fourth-order valence-corrected chi connectivity index (χ4v) is 2.35. The lowest BCUT2D eigenvalue weighted by atomic mass is 9.87. The van der Waals surface area contributed by atoms with Crippen LogP contribution in [0.2, 0.25) is 0 Å². The molecule has 1 aromatic rings. The third-order valence-corrected chi connectivity index (χ3v) is 3.30. The van der Waals surface area contributed by atoms with E-state index >= 15 is 0 Å². The molecule has 0 fully saturated rings. The Balaban J connectivity index is 2.90. The van der Waals surface area contributed by atoms with E-state index in [1.165, 1.54) is 0 Å². The van der Waals surface area contributed by atoms with E-state index in [2.05, 4.69) is 9.68 Å². The van der Waals surface area contributed by atoms with Crippen LogP contribution in [0.1, 0.15) is 41.9 Å². The van der Waals surface area contributed by atoms with E-state index in [0.29, 0.717) is 12.8 Å². The van der Waals surface area contributed by atoms with Crippen LogP contribution in [0.4, 0.5) is 0 Å². The highest BCUT2D eigenvalue weighted by molar-refractivity contribution is 5.79. The SMILES string of the molecule is Cc1cccc(C)c1C(CCCC(=O)ON)C(=O)ON. The summed E-state index contributed by atoms with van der Waals surface area (Å²) in [6, 6.07) is 5.77. The van der Waals surface area contributed by atoms with Gasteiger partial charge in [-0.25, -0.2) is 4.79 Å². The van der Waals surface area contributed by atoms with E-state index in [-0.39, 0.29) is 6.42 Å². The zero-order chi connectivity index (χ0) is 15.1. The van der Waals surface area contributed by atoms with Crippen LogP contribution in [-0.2, 0) is 19.3 Å². The van der Waals surface area contributed by atoms with Gasteiger partial charge in [0.25, 0.3) is 0 Å². The topological polar surface area (TPSA) is 105 Å². The van der Waals surface area contributed by atoms with E-state index in [0.717, 1.165) is 16.7 Å². The van der Waals surface area contributed by atoms with Gasteiger partial charge in [-0.2, -0.15) is 11.8 Å². The first-order valence-corrected chi connectivity index (χ1v) is 6.37. The summed E-state index contributed by atoms with van der Waals surface area (Å²) in [6.45, 7) is 3.85. The highest BCUT2D eigenvalue weighted by Gasteiger charge is 2.25. The molecule has 6 heteroatoms. The molecule has 0 aromatic heterocycles. The molecule has 0 amide bonds. The summed E-state index contributed by atoms with van der Waals surface area (Å²) < 4.78 is 0. The Morgan fingerprint density at radius 1 is 1.15 bits per heavy atom. The summed E-state index contributed by atoms with van der Waals surface area (Å²) in [4.78, 5) is 31.4. The standard InChI is InChI=1S/C14H20N2O4/c1-9-5-3-6-10(2)13(9)11(14(18)20-16)7-4-8-12(17)19-15/h3,5-6,11H,4,7-8,15-16H2,1-2H3. The molecule has 0 heterocycles. The third-order valence-electron chi connectivity index (χ3n) is 3.30. The summed E-state index contributed by atoms with van der Waals surface area (Å²) in [5.74, 6) is 8.27. The smallest absolute Gasteiger partial charge is 0.331 e. The molecule has 0 aliphatic rings. The van der Waals surface area contributed by atoms with Crippen LogP contribution in [-0.4, -0.2) is 11.9 Å². The van der Waals surface area contributed by atoms with Crippen LogP contribution < -0.4 is 11.8 Å². The van der Waals surface area contributed by atoms with Gasteiger partial charge in [0.05, 0.1) is 5.92 Å². The number of carbonyl (C=O) groups excluding carboxylic acids is 2. The molecule has 1 rings (SSSR count). The minimum Gasteiger partial charge on any atom is -0.373 e.